The number of aromatic nitrogens is 1. The summed E-state index contributed by atoms with van der Waals surface area (Å²) in [4.78, 5) is 9.11. The molecule has 1 fully saturated rings. The second-order valence-corrected chi connectivity index (χ2v) is 6.41. The summed E-state index contributed by atoms with van der Waals surface area (Å²) < 4.78 is 0. The Morgan fingerprint density at radius 2 is 2.09 bits per heavy atom. The highest BCUT2D eigenvalue weighted by Crippen LogP contribution is 2.17. The van der Waals surface area contributed by atoms with Crippen molar-refractivity contribution in [2.75, 3.05) is 43.6 Å². The molecule has 0 aliphatic carbocycles. The van der Waals surface area contributed by atoms with Crippen LogP contribution in [0.4, 0.5) is 10.8 Å². The Morgan fingerprint density at radius 1 is 1.27 bits per heavy atom. The van der Waals surface area contributed by atoms with Gasteiger partial charge in [-0.3, -0.25) is 5.43 Å². The number of likely N-dealkylation sites (N-methyl/N-ethyl adjacent to an activating group) is 1. The molecule has 0 atom stereocenters. The van der Waals surface area contributed by atoms with E-state index in [1.807, 2.05) is 18.5 Å². The van der Waals surface area contributed by atoms with Crippen molar-refractivity contribution in [3.8, 4) is 0 Å². The minimum atomic E-state index is 0.823. The van der Waals surface area contributed by atoms with Crippen LogP contribution >= 0.6 is 11.3 Å². The summed E-state index contributed by atoms with van der Waals surface area (Å²) in [6.07, 6.45) is 1.84. The molecule has 5 nitrogen and oxygen atoms in total. The van der Waals surface area contributed by atoms with Gasteiger partial charge in [0.1, 0.15) is 0 Å². The van der Waals surface area contributed by atoms with E-state index in [4.69, 9.17) is 0 Å². The molecular weight excluding hydrogens is 294 g/mol. The fourth-order valence-electron chi connectivity index (χ4n) is 2.43. The highest BCUT2D eigenvalue weighted by atomic mass is 32.1. The molecule has 116 valence electrons. The van der Waals surface area contributed by atoms with E-state index in [2.05, 4.69) is 56.6 Å². The molecule has 2 aromatic rings. The van der Waals surface area contributed by atoms with E-state index in [0.717, 1.165) is 42.6 Å². The van der Waals surface area contributed by atoms with Crippen LogP contribution < -0.4 is 10.3 Å². The molecule has 0 saturated carbocycles. The molecule has 1 saturated heterocycles. The summed E-state index contributed by atoms with van der Waals surface area (Å²) in [6, 6.07) is 8.50. The van der Waals surface area contributed by atoms with Crippen LogP contribution in [-0.2, 0) is 0 Å². The summed E-state index contributed by atoms with van der Waals surface area (Å²) in [7, 11) is 2.17. The van der Waals surface area contributed by atoms with Crippen LogP contribution in [0.15, 0.2) is 34.7 Å². The maximum atomic E-state index is 4.32. The van der Waals surface area contributed by atoms with Gasteiger partial charge in [0.15, 0.2) is 0 Å². The van der Waals surface area contributed by atoms with Crippen LogP contribution in [0.25, 0.3) is 0 Å². The average molecular weight is 315 g/mol. The lowest BCUT2D eigenvalue weighted by molar-refractivity contribution is 0.313. The SMILES string of the molecule is Cc1csc(NN=Cc2cccc(N3CCN(C)CC3)c2)n1. The number of hydrogen-bond acceptors (Lipinski definition) is 6. The zero-order chi connectivity index (χ0) is 15.4. The summed E-state index contributed by atoms with van der Waals surface area (Å²) in [5, 5.41) is 7.10. The Labute approximate surface area is 135 Å². The van der Waals surface area contributed by atoms with Gasteiger partial charge in [0, 0.05) is 37.2 Å². The van der Waals surface area contributed by atoms with Crippen molar-refractivity contribution in [1.29, 1.82) is 0 Å². The lowest BCUT2D eigenvalue weighted by Gasteiger charge is -2.34. The Morgan fingerprint density at radius 3 is 2.82 bits per heavy atom. The molecule has 0 unspecified atom stereocenters. The number of hydrazone groups is 1. The molecule has 1 aromatic heterocycles. The zero-order valence-electron chi connectivity index (χ0n) is 13.0. The summed E-state index contributed by atoms with van der Waals surface area (Å²) in [5.74, 6) is 0. The smallest absolute Gasteiger partial charge is 0.203 e. The third kappa shape index (κ3) is 3.84. The molecule has 0 radical (unpaired) electrons. The number of benzene rings is 1. The van der Waals surface area contributed by atoms with Gasteiger partial charge in [0.25, 0.3) is 0 Å². The summed E-state index contributed by atoms with van der Waals surface area (Å²) in [5.41, 5.74) is 6.35. The lowest BCUT2D eigenvalue weighted by atomic mass is 10.2. The van der Waals surface area contributed by atoms with E-state index < -0.39 is 0 Å². The van der Waals surface area contributed by atoms with E-state index in [-0.39, 0.29) is 0 Å². The van der Waals surface area contributed by atoms with E-state index in [0.29, 0.717) is 0 Å². The first-order chi connectivity index (χ1) is 10.7. The van der Waals surface area contributed by atoms with Gasteiger partial charge in [-0.15, -0.1) is 11.3 Å². The molecular formula is C16H21N5S. The number of thiazole rings is 1. The molecule has 0 bridgehead atoms. The number of anilines is 2. The predicted molar refractivity (Wildman–Crippen MR) is 94.2 cm³/mol. The number of hydrogen-bond donors (Lipinski definition) is 1. The van der Waals surface area contributed by atoms with Crippen molar-refractivity contribution in [3.63, 3.8) is 0 Å². The van der Waals surface area contributed by atoms with Crippen molar-refractivity contribution < 1.29 is 0 Å². The lowest BCUT2D eigenvalue weighted by Crippen LogP contribution is -2.44. The second-order valence-electron chi connectivity index (χ2n) is 5.55. The van der Waals surface area contributed by atoms with Crippen LogP contribution in [0, 0.1) is 6.92 Å². The Hall–Kier alpha value is -1.92. The van der Waals surface area contributed by atoms with Crippen molar-refractivity contribution in [2.24, 2.45) is 5.10 Å². The highest BCUT2D eigenvalue weighted by molar-refractivity contribution is 7.13. The molecule has 1 aliphatic rings. The van der Waals surface area contributed by atoms with Crippen LogP contribution in [-0.4, -0.2) is 49.3 Å². The monoisotopic (exact) mass is 315 g/mol. The number of aryl methyl sites for hydroxylation is 1. The second kappa shape index (κ2) is 6.89. The number of piperazine rings is 1. The molecule has 3 rings (SSSR count). The standard InChI is InChI=1S/C16H21N5S/c1-13-12-22-16(18-13)19-17-11-14-4-3-5-15(10-14)21-8-6-20(2)7-9-21/h3-5,10-12H,6-9H2,1-2H3,(H,18,19). The van der Waals surface area contributed by atoms with E-state index in [9.17, 15) is 0 Å². The summed E-state index contributed by atoms with van der Waals surface area (Å²) >= 11 is 1.56. The maximum absolute atomic E-state index is 4.32. The first-order valence-corrected chi connectivity index (χ1v) is 8.33. The van der Waals surface area contributed by atoms with Gasteiger partial charge < -0.3 is 9.80 Å². The predicted octanol–water partition coefficient (Wildman–Crippen LogP) is 2.65. The Bertz CT molecular complexity index is 643. The number of nitrogens with zero attached hydrogens (tertiary/aromatic N) is 4. The third-order valence-electron chi connectivity index (χ3n) is 3.73. The van der Waals surface area contributed by atoms with E-state index >= 15 is 0 Å². The van der Waals surface area contributed by atoms with Crippen molar-refractivity contribution >= 4 is 28.4 Å². The van der Waals surface area contributed by atoms with Crippen LogP contribution in [0.1, 0.15) is 11.3 Å². The normalized spacial score (nSPS) is 16.4. The number of rotatable bonds is 4. The molecule has 1 N–H and O–H groups in total. The van der Waals surface area contributed by atoms with Crippen molar-refractivity contribution in [3.05, 3.63) is 40.9 Å². The largest absolute Gasteiger partial charge is 0.369 e. The minimum Gasteiger partial charge on any atom is -0.369 e. The molecule has 22 heavy (non-hydrogen) atoms. The van der Waals surface area contributed by atoms with Crippen molar-refractivity contribution in [2.45, 2.75) is 6.92 Å². The van der Waals surface area contributed by atoms with Gasteiger partial charge in [-0.2, -0.15) is 5.10 Å². The van der Waals surface area contributed by atoms with Crippen LogP contribution in [0.2, 0.25) is 0 Å². The molecule has 6 heteroatoms. The third-order valence-corrected chi connectivity index (χ3v) is 4.60. The highest BCUT2D eigenvalue weighted by Gasteiger charge is 2.13. The molecule has 1 aromatic carbocycles. The maximum Gasteiger partial charge on any atom is 0.203 e. The van der Waals surface area contributed by atoms with Crippen LogP contribution in [0.3, 0.4) is 0 Å². The number of nitrogens with one attached hydrogen (secondary N) is 1. The van der Waals surface area contributed by atoms with Gasteiger partial charge in [-0.1, -0.05) is 12.1 Å². The first-order valence-electron chi connectivity index (χ1n) is 7.45. The van der Waals surface area contributed by atoms with Gasteiger partial charge in [0.05, 0.1) is 11.9 Å². The van der Waals surface area contributed by atoms with Crippen LogP contribution in [0.5, 0.6) is 0 Å². The fraction of sp³-hybridized carbons (Fsp3) is 0.375. The zero-order valence-corrected chi connectivity index (χ0v) is 13.8. The summed E-state index contributed by atoms with van der Waals surface area (Å²) in [6.45, 7) is 6.36. The quantitative estimate of drug-likeness (QED) is 0.696. The van der Waals surface area contributed by atoms with Crippen molar-refractivity contribution in [1.82, 2.24) is 9.88 Å². The van der Waals surface area contributed by atoms with Gasteiger partial charge in [0.2, 0.25) is 5.13 Å². The van der Waals surface area contributed by atoms with Gasteiger partial charge >= 0.3 is 0 Å². The Balaban J connectivity index is 1.63. The van der Waals surface area contributed by atoms with E-state index in [1.165, 1.54) is 5.69 Å². The minimum absolute atomic E-state index is 0.823. The fourth-order valence-corrected chi connectivity index (χ4v) is 3.07. The Kier molecular flexibility index (Phi) is 4.70. The average Bonchev–Trinajstić information content (AvgIpc) is 2.94. The molecule has 0 spiro atoms. The molecule has 0 amide bonds. The topological polar surface area (TPSA) is 43.8 Å². The first kappa shape index (κ1) is 15.0. The molecule has 2 heterocycles. The van der Waals surface area contributed by atoms with E-state index in [1.54, 1.807) is 11.3 Å². The van der Waals surface area contributed by atoms with Gasteiger partial charge in [-0.25, -0.2) is 4.98 Å². The molecule has 1 aliphatic heterocycles. The van der Waals surface area contributed by atoms with Gasteiger partial charge in [-0.05, 0) is 31.7 Å².